The molecule has 13 heteroatoms. The van der Waals surface area contributed by atoms with Crippen LogP contribution in [-0.2, 0) is 21.9 Å². The Labute approximate surface area is 197 Å². The van der Waals surface area contributed by atoms with Crippen LogP contribution >= 0.6 is 0 Å². The third-order valence-electron chi connectivity index (χ3n) is 6.81. The maximum absolute atomic E-state index is 13.2. The molecule has 2 bridgehead atoms. The number of halogens is 6. The normalized spacial score (nSPS) is 28.0. The van der Waals surface area contributed by atoms with Gasteiger partial charge < -0.3 is 15.5 Å². The zero-order chi connectivity index (χ0) is 25.9. The molecule has 0 spiro atoms. The minimum absolute atomic E-state index is 0.0149. The lowest BCUT2D eigenvalue weighted by Crippen LogP contribution is -2.56. The molecule has 3 heterocycles. The number of piperazine rings is 1. The quantitative estimate of drug-likeness (QED) is 0.638. The maximum atomic E-state index is 13.2. The van der Waals surface area contributed by atoms with Gasteiger partial charge in [-0.3, -0.25) is 14.5 Å². The zero-order valence-electron chi connectivity index (χ0n) is 18.6. The Morgan fingerprint density at radius 1 is 1.11 bits per heavy atom. The number of fused-ring (bicyclic) bond motifs is 2. The minimum atomic E-state index is -5.02. The average Bonchev–Trinajstić information content (AvgIpc) is 3.43. The molecule has 7 nitrogen and oxygen atoms in total. The van der Waals surface area contributed by atoms with Gasteiger partial charge in [0.15, 0.2) is 0 Å². The summed E-state index contributed by atoms with van der Waals surface area (Å²) >= 11 is 0. The predicted octanol–water partition coefficient (Wildman–Crippen LogP) is 2.60. The van der Waals surface area contributed by atoms with Crippen LogP contribution in [0.15, 0.2) is 18.2 Å². The summed E-state index contributed by atoms with van der Waals surface area (Å²) in [7, 11) is 0. The van der Waals surface area contributed by atoms with Crippen molar-refractivity contribution in [3.05, 3.63) is 29.3 Å². The largest absolute Gasteiger partial charge is 0.416 e. The second kappa shape index (κ2) is 8.67. The van der Waals surface area contributed by atoms with Gasteiger partial charge in [0.05, 0.1) is 35.3 Å². The topological polar surface area (TPSA) is 93.7 Å². The molecule has 4 unspecified atom stereocenters. The van der Waals surface area contributed by atoms with Crippen LogP contribution in [0.3, 0.4) is 0 Å². The first-order valence-electron chi connectivity index (χ1n) is 11.0. The molecule has 5 atom stereocenters. The van der Waals surface area contributed by atoms with Crippen molar-refractivity contribution in [2.45, 2.75) is 56.3 Å². The lowest BCUT2D eigenvalue weighted by molar-refractivity contribution is -0.143. The molecular formula is C22H23F6N5O2. The van der Waals surface area contributed by atoms with Crippen molar-refractivity contribution >= 4 is 17.5 Å². The van der Waals surface area contributed by atoms with E-state index in [0.717, 1.165) is 4.90 Å². The fraction of sp³-hybridized carbons (Fsp3) is 0.591. The predicted molar refractivity (Wildman–Crippen MR) is 111 cm³/mol. The van der Waals surface area contributed by atoms with Gasteiger partial charge in [0.1, 0.15) is 6.04 Å². The molecule has 35 heavy (non-hydrogen) atoms. The van der Waals surface area contributed by atoms with Crippen LogP contribution in [0.1, 0.15) is 30.9 Å². The summed E-state index contributed by atoms with van der Waals surface area (Å²) in [4.78, 5) is 29.8. The van der Waals surface area contributed by atoms with Gasteiger partial charge in [-0.1, -0.05) is 6.92 Å². The standard InChI is InChI=1S/C22H23F6N5O2/c1-11-2-15(7-29)32(8-11)19(34)17(30)10-31-9-16-6-18(31)20(35)33(16)14-4-12(21(23,24)25)3-13(5-14)22(26,27)28/h3-5,11,15-18H,2,6,8-10,30H2,1H3/t11?,15?,16-,17?,18?/m0/s1. The number of carbonyl (C=O) groups is 2. The lowest BCUT2D eigenvalue weighted by Gasteiger charge is -2.35. The van der Waals surface area contributed by atoms with Gasteiger partial charge in [-0.15, -0.1) is 0 Å². The number of nitriles is 1. The Bertz CT molecular complexity index is 1040. The molecule has 0 saturated carbocycles. The summed E-state index contributed by atoms with van der Waals surface area (Å²) in [5.74, 6) is -0.929. The highest BCUT2D eigenvalue weighted by atomic mass is 19.4. The Balaban J connectivity index is 1.50. The second-order valence-corrected chi connectivity index (χ2v) is 9.41. The van der Waals surface area contributed by atoms with Crippen molar-refractivity contribution in [1.82, 2.24) is 9.80 Å². The van der Waals surface area contributed by atoms with Crippen LogP contribution in [0, 0.1) is 17.2 Å². The number of hydrogen-bond acceptors (Lipinski definition) is 5. The summed E-state index contributed by atoms with van der Waals surface area (Å²) in [6, 6.07) is 0.112. The van der Waals surface area contributed by atoms with E-state index in [2.05, 4.69) is 6.07 Å². The molecule has 3 fully saturated rings. The van der Waals surface area contributed by atoms with Gasteiger partial charge in [0.25, 0.3) is 0 Å². The van der Waals surface area contributed by atoms with Gasteiger partial charge in [0, 0.05) is 25.3 Å². The van der Waals surface area contributed by atoms with E-state index in [1.807, 2.05) is 6.92 Å². The number of alkyl halides is 6. The smallest absolute Gasteiger partial charge is 0.325 e. The third-order valence-corrected chi connectivity index (χ3v) is 6.81. The van der Waals surface area contributed by atoms with Crippen LogP contribution in [0.5, 0.6) is 0 Å². The fourth-order valence-corrected chi connectivity index (χ4v) is 5.24. The molecule has 4 rings (SSSR count). The van der Waals surface area contributed by atoms with Crippen molar-refractivity contribution in [2.75, 3.05) is 24.5 Å². The number of carbonyl (C=O) groups excluding carboxylic acids is 2. The first-order valence-corrected chi connectivity index (χ1v) is 11.0. The van der Waals surface area contributed by atoms with E-state index in [1.165, 1.54) is 4.90 Å². The number of likely N-dealkylation sites (tertiary alicyclic amines) is 2. The molecule has 3 aliphatic rings. The molecule has 3 saturated heterocycles. The van der Waals surface area contributed by atoms with Crippen LogP contribution < -0.4 is 10.6 Å². The molecule has 3 aliphatic heterocycles. The van der Waals surface area contributed by atoms with E-state index in [0.29, 0.717) is 25.1 Å². The van der Waals surface area contributed by atoms with Gasteiger partial charge in [-0.25, -0.2) is 0 Å². The monoisotopic (exact) mass is 503 g/mol. The summed E-state index contributed by atoms with van der Waals surface area (Å²) in [5.41, 5.74) is 2.63. The van der Waals surface area contributed by atoms with Gasteiger partial charge in [-0.2, -0.15) is 31.6 Å². The molecular weight excluding hydrogens is 480 g/mol. The molecule has 2 N–H and O–H groups in total. The van der Waals surface area contributed by atoms with Crippen LogP contribution in [0.4, 0.5) is 32.0 Å². The first kappa shape index (κ1) is 25.2. The van der Waals surface area contributed by atoms with E-state index in [4.69, 9.17) is 5.73 Å². The number of benzene rings is 1. The van der Waals surface area contributed by atoms with Gasteiger partial charge in [0.2, 0.25) is 11.8 Å². The van der Waals surface area contributed by atoms with Crippen LogP contribution in [0.25, 0.3) is 0 Å². The lowest BCUT2D eigenvalue weighted by atomic mass is 10.1. The Morgan fingerprint density at radius 3 is 2.23 bits per heavy atom. The number of hydrogen-bond donors (Lipinski definition) is 1. The Hall–Kier alpha value is -2.85. The van der Waals surface area contributed by atoms with Crippen LogP contribution in [-0.4, -0.2) is 65.4 Å². The summed E-state index contributed by atoms with van der Waals surface area (Å²) in [6.07, 6.45) is -9.32. The number of nitrogens with two attached hydrogens (primary N) is 1. The molecule has 0 radical (unpaired) electrons. The SMILES string of the molecule is CC1CC(C#N)N(C(=O)C(N)CN2C[C@@H]3CC2C(=O)N3c2cc(C(F)(F)F)cc(C(F)(F)F)c2)C1. The molecule has 2 amide bonds. The number of anilines is 1. The molecule has 190 valence electrons. The molecule has 1 aromatic rings. The van der Waals surface area contributed by atoms with Gasteiger partial charge >= 0.3 is 12.4 Å². The van der Waals surface area contributed by atoms with E-state index in [-0.39, 0.29) is 31.5 Å². The highest BCUT2D eigenvalue weighted by Gasteiger charge is 2.51. The molecule has 1 aromatic carbocycles. The molecule has 0 aromatic heterocycles. The van der Waals surface area contributed by atoms with E-state index < -0.39 is 65.1 Å². The van der Waals surface area contributed by atoms with Crippen LogP contribution in [0.2, 0.25) is 0 Å². The minimum Gasteiger partial charge on any atom is -0.325 e. The summed E-state index contributed by atoms with van der Waals surface area (Å²) in [5, 5.41) is 9.28. The third kappa shape index (κ3) is 4.69. The summed E-state index contributed by atoms with van der Waals surface area (Å²) in [6.45, 7) is 2.43. The molecule has 0 aliphatic carbocycles. The Morgan fingerprint density at radius 2 is 1.71 bits per heavy atom. The van der Waals surface area contributed by atoms with E-state index >= 15 is 0 Å². The van der Waals surface area contributed by atoms with E-state index in [9.17, 15) is 41.2 Å². The Kier molecular flexibility index (Phi) is 6.25. The van der Waals surface area contributed by atoms with Crippen molar-refractivity contribution in [2.24, 2.45) is 11.7 Å². The maximum Gasteiger partial charge on any atom is 0.416 e. The number of rotatable bonds is 4. The second-order valence-electron chi connectivity index (χ2n) is 9.41. The summed E-state index contributed by atoms with van der Waals surface area (Å²) < 4.78 is 79.5. The highest BCUT2D eigenvalue weighted by molar-refractivity contribution is 6.01. The van der Waals surface area contributed by atoms with Crippen molar-refractivity contribution < 1.29 is 35.9 Å². The zero-order valence-corrected chi connectivity index (χ0v) is 18.6. The van der Waals surface area contributed by atoms with E-state index in [1.54, 1.807) is 4.90 Å². The first-order chi connectivity index (χ1) is 16.2. The fourth-order valence-electron chi connectivity index (χ4n) is 5.24. The van der Waals surface area contributed by atoms with Crippen molar-refractivity contribution in [3.8, 4) is 6.07 Å². The van der Waals surface area contributed by atoms with Crippen molar-refractivity contribution in [1.29, 1.82) is 5.26 Å². The average molecular weight is 503 g/mol. The van der Waals surface area contributed by atoms with Gasteiger partial charge in [-0.05, 0) is 37.0 Å². The number of amides is 2. The highest BCUT2D eigenvalue weighted by Crippen LogP contribution is 2.42. The number of nitrogens with zero attached hydrogens (tertiary/aromatic N) is 4. The van der Waals surface area contributed by atoms with Crippen molar-refractivity contribution in [3.63, 3.8) is 0 Å².